The lowest BCUT2D eigenvalue weighted by atomic mass is 9.81. The summed E-state index contributed by atoms with van der Waals surface area (Å²) in [7, 11) is 0. The maximum atomic E-state index is 4.26. The van der Waals surface area contributed by atoms with Gasteiger partial charge in [0.2, 0.25) is 0 Å². The van der Waals surface area contributed by atoms with Crippen LogP contribution in [-0.4, -0.2) is 16.1 Å². The molecule has 0 radical (unpaired) electrons. The van der Waals surface area contributed by atoms with Crippen molar-refractivity contribution in [2.45, 2.75) is 53.1 Å². The molecule has 1 aromatic heterocycles. The molecule has 2 rings (SSSR count). The van der Waals surface area contributed by atoms with Gasteiger partial charge in [0.25, 0.3) is 0 Å². The fraction of sp³-hybridized carbons (Fsp3) is 0.786. The summed E-state index contributed by atoms with van der Waals surface area (Å²) in [6, 6.07) is 0.729. The van der Waals surface area contributed by atoms with E-state index >= 15 is 0 Å². The van der Waals surface area contributed by atoms with E-state index in [-0.39, 0.29) is 0 Å². The second-order valence-corrected chi connectivity index (χ2v) is 6.27. The zero-order valence-corrected chi connectivity index (χ0v) is 11.5. The molecule has 1 aliphatic rings. The highest BCUT2D eigenvalue weighted by atomic mass is 15.1. The smallest absolute Gasteiger partial charge is 0.0951 e. The Hall–Kier alpha value is -0.830. The van der Waals surface area contributed by atoms with E-state index < -0.39 is 0 Å². The molecule has 0 saturated heterocycles. The maximum absolute atomic E-state index is 4.26. The summed E-state index contributed by atoms with van der Waals surface area (Å²) in [6.07, 6.45) is 6.61. The van der Waals surface area contributed by atoms with Crippen molar-refractivity contribution in [3.05, 3.63) is 18.2 Å². The van der Waals surface area contributed by atoms with E-state index in [0.717, 1.165) is 19.1 Å². The highest BCUT2D eigenvalue weighted by molar-refractivity contribution is 5.03. The van der Waals surface area contributed by atoms with Crippen LogP contribution in [0.25, 0.3) is 0 Å². The van der Waals surface area contributed by atoms with Gasteiger partial charge in [-0.1, -0.05) is 27.7 Å². The van der Waals surface area contributed by atoms with Crippen molar-refractivity contribution in [1.82, 2.24) is 14.9 Å². The molecule has 17 heavy (non-hydrogen) atoms. The van der Waals surface area contributed by atoms with Crippen LogP contribution in [0.1, 0.15) is 52.3 Å². The summed E-state index contributed by atoms with van der Waals surface area (Å²) < 4.78 is 2.33. The van der Waals surface area contributed by atoms with Gasteiger partial charge in [-0.3, -0.25) is 0 Å². The Balaban J connectivity index is 1.83. The molecule has 1 N–H and O–H groups in total. The van der Waals surface area contributed by atoms with Gasteiger partial charge in [0.05, 0.1) is 12.0 Å². The molecule has 1 heterocycles. The first kappa shape index (κ1) is 12.6. The van der Waals surface area contributed by atoms with Crippen LogP contribution in [0.15, 0.2) is 12.5 Å². The number of aromatic nitrogens is 2. The second kappa shape index (κ2) is 4.81. The Morgan fingerprint density at radius 1 is 1.47 bits per heavy atom. The van der Waals surface area contributed by atoms with E-state index in [2.05, 4.69) is 42.6 Å². The third-order valence-electron chi connectivity index (χ3n) is 4.14. The van der Waals surface area contributed by atoms with E-state index in [1.165, 1.54) is 18.5 Å². The van der Waals surface area contributed by atoms with Gasteiger partial charge in [-0.05, 0) is 24.2 Å². The van der Waals surface area contributed by atoms with E-state index in [1.807, 2.05) is 12.5 Å². The van der Waals surface area contributed by atoms with Crippen LogP contribution in [0.4, 0.5) is 0 Å². The van der Waals surface area contributed by atoms with Crippen molar-refractivity contribution < 1.29 is 0 Å². The Kier molecular flexibility index (Phi) is 3.57. The van der Waals surface area contributed by atoms with Crippen LogP contribution in [0.2, 0.25) is 0 Å². The first-order valence-electron chi connectivity index (χ1n) is 6.72. The molecule has 1 fully saturated rings. The molecule has 0 atom stereocenters. The minimum atomic E-state index is 0.352. The molecule has 1 aliphatic carbocycles. The van der Waals surface area contributed by atoms with Crippen LogP contribution in [0, 0.1) is 11.3 Å². The van der Waals surface area contributed by atoms with E-state index in [1.54, 1.807) is 0 Å². The van der Waals surface area contributed by atoms with Crippen molar-refractivity contribution in [3.63, 3.8) is 0 Å². The summed E-state index contributed by atoms with van der Waals surface area (Å²) in [6.45, 7) is 11.2. The quantitative estimate of drug-likeness (QED) is 0.821. The number of hydrogen-bond acceptors (Lipinski definition) is 2. The highest BCUT2D eigenvalue weighted by Crippen LogP contribution is 2.35. The predicted molar refractivity (Wildman–Crippen MR) is 70.8 cm³/mol. The molecule has 0 amide bonds. The van der Waals surface area contributed by atoms with Crippen molar-refractivity contribution in [2.75, 3.05) is 6.54 Å². The molecule has 3 heteroatoms. The van der Waals surface area contributed by atoms with Crippen LogP contribution < -0.4 is 5.32 Å². The SMILES string of the molecule is CC(C)C(C)(C)CNCc1cncn1C1CC1. The summed E-state index contributed by atoms with van der Waals surface area (Å²) >= 11 is 0. The van der Waals surface area contributed by atoms with Crippen molar-refractivity contribution in [1.29, 1.82) is 0 Å². The molecular formula is C14H25N3. The number of imidazole rings is 1. The lowest BCUT2D eigenvalue weighted by molar-refractivity contribution is 0.237. The minimum absolute atomic E-state index is 0.352. The van der Waals surface area contributed by atoms with Gasteiger partial charge < -0.3 is 9.88 Å². The molecule has 0 unspecified atom stereocenters. The van der Waals surface area contributed by atoms with Crippen molar-refractivity contribution in [2.24, 2.45) is 11.3 Å². The topological polar surface area (TPSA) is 29.9 Å². The number of nitrogens with zero attached hydrogens (tertiary/aromatic N) is 2. The van der Waals surface area contributed by atoms with Crippen LogP contribution >= 0.6 is 0 Å². The Morgan fingerprint density at radius 2 is 2.18 bits per heavy atom. The molecule has 0 bridgehead atoms. The standard InChI is InChI=1S/C14H25N3/c1-11(2)14(3,4)9-15-7-13-8-16-10-17(13)12-5-6-12/h8,10-12,15H,5-7,9H2,1-4H3. The highest BCUT2D eigenvalue weighted by Gasteiger charge is 2.25. The normalized spacial score (nSPS) is 16.8. The van der Waals surface area contributed by atoms with Gasteiger partial charge in [-0.25, -0.2) is 4.98 Å². The minimum Gasteiger partial charge on any atom is -0.330 e. The molecule has 3 nitrogen and oxygen atoms in total. The average molecular weight is 235 g/mol. The van der Waals surface area contributed by atoms with Gasteiger partial charge >= 0.3 is 0 Å². The first-order chi connectivity index (χ1) is 8.00. The zero-order valence-electron chi connectivity index (χ0n) is 11.5. The lowest BCUT2D eigenvalue weighted by Gasteiger charge is -2.29. The van der Waals surface area contributed by atoms with Crippen LogP contribution in [0.5, 0.6) is 0 Å². The van der Waals surface area contributed by atoms with Crippen molar-refractivity contribution in [3.8, 4) is 0 Å². The third kappa shape index (κ3) is 3.09. The van der Waals surface area contributed by atoms with Gasteiger partial charge in [0, 0.05) is 25.3 Å². The Bertz CT molecular complexity index is 361. The number of hydrogen-bond donors (Lipinski definition) is 1. The summed E-state index contributed by atoms with van der Waals surface area (Å²) in [4.78, 5) is 4.26. The predicted octanol–water partition coefficient (Wildman–Crippen LogP) is 2.99. The van der Waals surface area contributed by atoms with E-state index in [4.69, 9.17) is 0 Å². The number of rotatable bonds is 6. The molecule has 96 valence electrons. The molecule has 0 aromatic carbocycles. The Labute approximate surface area is 105 Å². The molecule has 0 aliphatic heterocycles. The van der Waals surface area contributed by atoms with Gasteiger partial charge in [-0.15, -0.1) is 0 Å². The van der Waals surface area contributed by atoms with Gasteiger partial charge in [-0.2, -0.15) is 0 Å². The monoisotopic (exact) mass is 235 g/mol. The molecule has 0 spiro atoms. The first-order valence-corrected chi connectivity index (χ1v) is 6.72. The molecular weight excluding hydrogens is 210 g/mol. The van der Waals surface area contributed by atoms with E-state index in [0.29, 0.717) is 11.3 Å². The maximum Gasteiger partial charge on any atom is 0.0951 e. The summed E-state index contributed by atoms with van der Waals surface area (Å²) in [5, 5.41) is 3.57. The second-order valence-electron chi connectivity index (χ2n) is 6.27. The largest absolute Gasteiger partial charge is 0.330 e. The molecule has 1 saturated carbocycles. The summed E-state index contributed by atoms with van der Waals surface area (Å²) in [5.74, 6) is 0.698. The van der Waals surface area contributed by atoms with Crippen LogP contribution in [0.3, 0.4) is 0 Å². The van der Waals surface area contributed by atoms with Crippen molar-refractivity contribution >= 4 is 0 Å². The summed E-state index contributed by atoms with van der Waals surface area (Å²) in [5.41, 5.74) is 1.68. The zero-order chi connectivity index (χ0) is 12.5. The third-order valence-corrected chi connectivity index (χ3v) is 4.14. The number of nitrogens with one attached hydrogen (secondary N) is 1. The van der Waals surface area contributed by atoms with Gasteiger partial charge in [0.1, 0.15) is 0 Å². The van der Waals surface area contributed by atoms with Crippen LogP contribution in [-0.2, 0) is 6.54 Å². The average Bonchev–Trinajstić information content (AvgIpc) is 2.99. The lowest BCUT2D eigenvalue weighted by Crippen LogP contribution is -2.33. The molecule has 1 aromatic rings. The van der Waals surface area contributed by atoms with Gasteiger partial charge in [0.15, 0.2) is 0 Å². The fourth-order valence-electron chi connectivity index (χ4n) is 1.87. The Morgan fingerprint density at radius 3 is 2.76 bits per heavy atom. The van der Waals surface area contributed by atoms with E-state index in [9.17, 15) is 0 Å². The fourth-order valence-corrected chi connectivity index (χ4v) is 1.87.